The molecule has 0 bridgehead atoms. The van der Waals surface area contributed by atoms with Gasteiger partial charge in [-0.3, -0.25) is 4.79 Å². The Kier molecular flexibility index (Phi) is 6.08. The van der Waals surface area contributed by atoms with E-state index in [2.05, 4.69) is 17.3 Å². The molecule has 0 spiro atoms. The second-order valence-electron chi connectivity index (χ2n) is 5.29. The molecule has 1 heterocycles. The van der Waals surface area contributed by atoms with Gasteiger partial charge in [0, 0.05) is 26.2 Å². The van der Waals surface area contributed by atoms with Crippen LogP contribution < -0.4 is 5.32 Å². The number of amides is 2. The number of nitrogens with one attached hydrogen (secondary N) is 1. The normalized spacial score (nSPS) is 21.1. The van der Waals surface area contributed by atoms with Crippen molar-refractivity contribution in [2.45, 2.75) is 32.2 Å². The average molecular weight is 271 g/mol. The number of urea groups is 1. The fourth-order valence-electron chi connectivity index (χ4n) is 2.36. The van der Waals surface area contributed by atoms with Crippen LogP contribution in [0.25, 0.3) is 0 Å². The van der Waals surface area contributed by atoms with Gasteiger partial charge in [0.2, 0.25) is 0 Å². The van der Waals surface area contributed by atoms with Crippen LogP contribution in [0.15, 0.2) is 0 Å². The highest BCUT2D eigenvalue weighted by Gasteiger charge is 2.24. The number of carboxylic acids is 1. The summed E-state index contributed by atoms with van der Waals surface area (Å²) in [5, 5.41) is 11.6. The van der Waals surface area contributed by atoms with Crippen LogP contribution in [0.1, 0.15) is 26.2 Å². The molecular weight excluding hydrogens is 246 g/mol. The van der Waals surface area contributed by atoms with E-state index >= 15 is 0 Å². The molecule has 0 aliphatic carbocycles. The zero-order chi connectivity index (χ0) is 14.4. The molecule has 2 unspecified atom stereocenters. The molecule has 1 fully saturated rings. The summed E-state index contributed by atoms with van der Waals surface area (Å²) in [6, 6.07) is 0.220. The summed E-state index contributed by atoms with van der Waals surface area (Å²) in [5.74, 6) is -1.37. The molecule has 6 heteroatoms. The van der Waals surface area contributed by atoms with E-state index in [9.17, 15) is 9.59 Å². The maximum Gasteiger partial charge on any atom is 0.317 e. The van der Waals surface area contributed by atoms with Gasteiger partial charge >= 0.3 is 12.0 Å². The van der Waals surface area contributed by atoms with Crippen LogP contribution in [0, 0.1) is 5.92 Å². The van der Waals surface area contributed by atoms with E-state index in [1.807, 2.05) is 6.92 Å². The van der Waals surface area contributed by atoms with Gasteiger partial charge in [-0.2, -0.15) is 0 Å². The molecule has 0 aromatic rings. The van der Waals surface area contributed by atoms with Crippen LogP contribution in [0.4, 0.5) is 4.79 Å². The van der Waals surface area contributed by atoms with Crippen molar-refractivity contribution >= 4 is 12.0 Å². The molecule has 1 saturated heterocycles. The molecule has 0 aromatic carbocycles. The van der Waals surface area contributed by atoms with E-state index < -0.39 is 11.9 Å². The number of carbonyl (C=O) groups is 2. The minimum absolute atomic E-state index is 0.190. The Bertz CT molecular complexity index is 322. The molecule has 0 aromatic heterocycles. The van der Waals surface area contributed by atoms with Gasteiger partial charge < -0.3 is 20.2 Å². The monoisotopic (exact) mass is 271 g/mol. The largest absolute Gasteiger partial charge is 0.481 e. The molecule has 2 N–H and O–H groups in total. The zero-order valence-corrected chi connectivity index (χ0v) is 12.1. The summed E-state index contributed by atoms with van der Waals surface area (Å²) in [7, 11) is 3.82. The zero-order valence-electron chi connectivity index (χ0n) is 12.1. The summed E-state index contributed by atoms with van der Waals surface area (Å²) in [6.45, 7) is 3.76. The number of rotatable bonds is 6. The van der Waals surface area contributed by atoms with Gasteiger partial charge in [0.25, 0.3) is 0 Å². The number of carbonyl (C=O) groups excluding carboxylic acids is 1. The molecular formula is C13H25N3O3. The topological polar surface area (TPSA) is 72.9 Å². The van der Waals surface area contributed by atoms with E-state index in [0.29, 0.717) is 19.0 Å². The predicted octanol–water partition coefficient (Wildman–Crippen LogP) is 0.833. The minimum Gasteiger partial charge on any atom is -0.481 e. The first-order valence-electron chi connectivity index (χ1n) is 6.87. The molecule has 2 amide bonds. The molecule has 0 saturated carbocycles. The van der Waals surface area contributed by atoms with Crippen molar-refractivity contribution in [3.63, 3.8) is 0 Å². The van der Waals surface area contributed by atoms with Crippen LogP contribution in [0.3, 0.4) is 0 Å². The van der Waals surface area contributed by atoms with Crippen LogP contribution in [0.2, 0.25) is 0 Å². The molecule has 1 aliphatic rings. The van der Waals surface area contributed by atoms with E-state index in [4.69, 9.17) is 5.11 Å². The van der Waals surface area contributed by atoms with E-state index in [1.54, 1.807) is 11.9 Å². The number of hydrogen-bond acceptors (Lipinski definition) is 3. The number of nitrogens with zero attached hydrogens (tertiary/aromatic N) is 2. The third-order valence-electron chi connectivity index (χ3n) is 3.84. The lowest BCUT2D eigenvalue weighted by molar-refractivity contribution is -0.141. The number of aliphatic carboxylic acids is 1. The number of likely N-dealkylation sites (N-methyl/N-ethyl adjacent to an activating group) is 2. The molecule has 1 rings (SSSR count). The SMILES string of the molecule is CCC(CNC(=O)N(C)CC1CCCN1C)C(=O)O. The molecule has 0 radical (unpaired) electrons. The van der Waals surface area contributed by atoms with Crippen molar-refractivity contribution in [2.24, 2.45) is 5.92 Å². The smallest absolute Gasteiger partial charge is 0.317 e. The van der Waals surface area contributed by atoms with Crippen LogP contribution >= 0.6 is 0 Å². The summed E-state index contributed by atoms with van der Waals surface area (Å²) in [6.07, 6.45) is 2.80. The van der Waals surface area contributed by atoms with E-state index in [0.717, 1.165) is 13.0 Å². The molecule has 110 valence electrons. The Hall–Kier alpha value is -1.30. The molecule has 19 heavy (non-hydrogen) atoms. The summed E-state index contributed by atoms with van der Waals surface area (Å²) in [5.41, 5.74) is 0. The minimum atomic E-state index is -0.860. The van der Waals surface area contributed by atoms with Crippen molar-refractivity contribution in [1.29, 1.82) is 0 Å². The van der Waals surface area contributed by atoms with Gasteiger partial charge in [0.15, 0.2) is 0 Å². The van der Waals surface area contributed by atoms with Crippen LogP contribution in [0.5, 0.6) is 0 Å². The average Bonchev–Trinajstić information content (AvgIpc) is 2.75. The van der Waals surface area contributed by atoms with E-state index in [1.165, 1.54) is 6.42 Å². The molecule has 1 aliphatic heterocycles. The summed E-state index contributed by atoms with van der Waals surface area (Å²) in [4.78, 5) is 26.6. The van der Waals surface area contributed by atoms with Gasteiger partial charge in [0.05, 0.1) is 5.92 Å². The quantitative estimate of drug-likeness (QED) is 0.750. The van der Waals surface area contributed by atoms with Gasteiger partial charge in [-0.05, 0) is 32.9 Å². The lowest BCUT2D eigenvalue weighted by atomic mass is 10.1. The van der Waals surface area contributed by atoms with Crippen LogP contribution in [-0.2, 0) is 4.79 Å². The van der Waals surface area contributed by atoms with Crippen molar-refractivity contribution < 1.29 is 14.7 Å². The lowest BCUT2D eigenvalue weighted by Crippen LogP contribution is -2.45. The first kappa shape index (κ1) is 15.8. The van der Waals surface area contributed by atoms with Gasteiger partial charge in [-0.25, -0.2) is 4.79 Å². The first-order chi connectivity index (χ1) is 8.95. The Morgan fingerprint density at radius 3 is 2.68 bits per heavy atom. The van der Waals surface area contributed by atoms with Gasteiger partial charge in [-0.1, -0.05) is 6.92 Å². The van der Waals surface area contributed by atoms with Crippen LogP contribution in [-0.4, -0.2) is 66.7 Å². The Balaban J connectivity index is 2.34. The van der Waals surface area contributed by atoms with E-state index in [-0.39, 0.29) is 12.6 Å². The highest BCUT2D eigenvalue weighted by atomic mass is 16.4. The maximum absolute atomic E-state index is 11.9. The summed E-state index contributed by atoms with van der Waals surface area (Å²) >= 11 is 0. The fourth-order valence-corrected chi connectivity index (χ4v) is 2.36. The Morgan fingerprint density at radius 1 is 1.53 bits per heavy atom. The second kappa shape index (κ2) is 7.33. The third-order valence-corrected chi connectivity index (χ3v) is 3.84. The van der Waals surface area contributed by atoms with Crippen molar-refractivity contribution in [1.82, 2.24) is 15.1 Å². The van der Waals surface area contributed by atoms with Crippen molar-refractivity contribution in [3.05, 3.63) is 0 Å². The number of carboxylic acid groups (broad SMARTS) is 1. The highest BCUT2D eigenvalue weighted by Crippen LogP contribution is 2.15. The predicted molar refractivity (Wildman–Crippen MR) is 73.1 cm³/mol. The van der Waals surface area contributed by atoms with Crippen molar-refractivity contribution in [2.75, 3.05) is 33.7 Å². The van der Waals surface area contributed by atoms with Crippen molar-refractivity contribution in [3.8, 4) is 0 Å². The molecule has 2 atom stereocenters. The second-order valence-corrected chi connectivity index (χ2v) is 5.29. The maximum atomic E-state index is 11.9. The first-order valence-corrected chi connectivity index (χ1v) is 6.87. The number of hydrogen-bond donors (Lipinski definition) is 2. The molecule has 6 nitrogen and oxygen atoms in total. The Morgan fingerprint density at radius 2 is 2.21 bits per heavy atom. The number of likely N-dealkylation sites (tertiary alicyclic amines) is 1. The van der Waals surface area contributed by atoms with Gasteiger partial charge in [-0.15, -0.1) is 0 Å². The summed E-state index contributed by atoms with van der Waals surface area (Å²) < 4.78 is 0. The fraction of sp³-hybridized carbons (Fsp3) is 0.846. The van der Waals surface area contributed by atoms with Gasteiger partial charge in [0.1, 0.15) is 0 Å². The third kappa shape index (κ3) is 4.70. The Labute approximate surface area is 114 Å². The standard InChI is InChI=1S/C13H25N3O3/c1-4-10(12(17)18)8-14-13(19)16(3)9-11-6-5-7-15(11)2/h10-11H,4-9H2,1-3H3,(H,14,19)(H,17,18). The lowest BCUT2D eigenvalue weighted by Gasteiger charge is -2.26. The highest BCUT2D eigenvalue weighted by molar-refractivity contribution is 5.75.